The minimum Gasteiger partial charge on any atom is -0.332 e. The molecule has 3 aromatic heterocycles. The van der Waals surface area contributed by atoms with Crippen LogP contribution in [-0.4, -0.2) is 34.7 Å². The van der Waals surface area contributed by atoms with Gasteiger partial charge in [-0.25, -0.2) is 23.2 Å². The first-order chi connectivity index (χ1) is 18.4. The van der Waals surface area contributed by atoms with E-state index in [0.29, 0.717) is 45.3 Å². The zero-order chi connectivity index (χ0) is 26.8. The van der Waals surface area contributed by atoms with Gasteiger partial charge in [0.15, 0.2) is 0 Å². The molecule has 10 nitrogen and oxygen atoms in total. The number of amides is 1. The average molecular weight is 511 g/mol. The quantitative estimate of drug-likeness (QED) is 0.375. The maximum atomic E-state index is 13.8. The molecular formula is C27H23FN8O2. The number of nitrogens with zero attached hydrogens (tertiary/aromatic N) is 7. The lowest BCUT2D eigenvalue weighted by molar-refractivity contribution is 0.241. The number of aryl methyl sites for hydroxylation is 1. The third kappa shape index (κ3) is 4.39. The fraction of sp³-hybridized carbons (Fsp3) is 0.148. The summed E-state index contributed by atoms with van der Waals surface area (Å²) < 4.78 is 19.1. The van der Waals surface area contributed by atoms with E-state index in [9.17, 15) is 14.0 Å². The standard InChI is InChI=1S/C27H23FN8O2/c1-18-25(24-10-12-31-36(24)22-8-6-19(16-29)7-9-22)35(26(37)30-17-21-11-13-33(2)32-21)27(38)34(18)23-5-3-4-20(14-23)15-28/h3-14H,15,17H2,1-2H3,(H,30,37). The smallest absolute Gasteiger partial charge is 0.332 e. The van der Waals surface area contributed by atoms with Gasteiger partial charge >= 0.3 is 11.7 Å². The van der Waals surface area contributed by atoms with Crippen molar-refractivity contribution in [2.45, 2.75) is 20.1 Å². The lowest BCUT2D eigenvalue weighted by Crippen LogP contribution is -2.37. The van der Waals surface area contributed by atoms with Crippen LogP contribution in [-0.2, 0) is 20.3 Å². The second-order valence-corrected chi connectivity index (χ2v) is 8.62. The summed E-state index contributed by atoms with van der Waals surface area (Å²) in [4.78, 5) is 27.3. The fourth-order valence-electron chi connectivity index (χ4n) is 4.35. The Morgan fingerprint density at radius 3 is 2.58 bits per heavy atom. The van der Waals surface area contributed by atoms with Gasteiger partial charge < -0.3 is 5.32 Å². The molecule has 0 saturated carbocycles. The minimum absolute atomic E-state index is 0.113. The molecule has 1 amide bonds. The fourth-order valence-corrected chi connectivity index (χ4v) is 4.35. The first-order valence-electron chi connectivity index (χ1n) is 11.7. The van der Waals surface area contributed by atoms with E-state index in [1.54, 1.807) is 96.4 Å². The van der Waals surface area contributed by atoms with Crippen molar-refractivity contribution >= 4 is 6.03 Å². The Bertz CT molecular complexity index is 1730. The number of hydrogen-bond donors (Lipinski definition) is 1. The van der Waals surface area contributed by atoms with Gasteiger partial charge in [-0.3, -0.25) is 9.25 Å². The van der Waals surface area contributed by atoms with Gasteiger partial charge in [0.25, 0.3) is 0 Å². The zero-order valence-electron chi connectivity index (χ0n) is 20.7. The van der Waals surface area contributed by atoms with Gasteiger partial charge in [-0.15, -0.1) is 0 Å². The number of rotatable bonds is 6. The Kier molecular flexibility index (Phi) is 6.45. The summed E-state index contributed by atoms with van der Waals surface area (Å²) in [5.41, 5.74) is 3.26. The number of imidazole rings is 1. The van der Waals surface area contributed by atoms with Crippen LogP contribution in [0, 0.1) is 18.3 Å². The highest BCUT2D eigenvalue weighted by Gasteiger charge is 2.26. The molecule has 5 rings (SSSR count). The van der Waals surface area contributed by atoms with Crippen LogP contribution in [0.15, 0.2) is 77.9 Å². The van der Waals surface area contributed by atoms with E-state index in [2.05, 4.69) is 21.6 Å². The maximum absolute atomic E-state index is 13.8. The monoisotopic (exact) mass is 510 g/mol. The molecule has 3 heterocycles. The number of halogens is 1. The average Bonchev–Trinajstić information content (AvgIpc) is 3.64. The summed E-state index contributed by atoms with van der Waals surface area (Å²) in [5, 5.41) is 20.6. The number of aromatic nitrogens is 6. The van der Waals surface area contributed by atoms with E-state index in [1.165, 1.54) is 4.57 Å². The summed E-state index contributed by atoms with van der Waals surface area (Å²) in [6.07, 6.45) is 3.32. The highest BCUT2D eigenvalue weighted by atomic mass is 19.1. The molecule has 190 valence electrons. The van der Waals surface area contributed by atoms with E-state index in [4.69, 9.17) is 5.26 Å². The van der Waals surface area contributed by atoms with Gasteiger partial charge in [-0.05, 0) is 61.0 Å². The predicted octanol–water partition coefficient (Wildman–Crippen LogP) is 3.63. The maximum Gasteiger partial charge on any atom is 0.341 e. The van der Waals surface area contributed by atoms with Gasteiger partial charge in [0.05, 0.1) is 52.8 Å². The molecule has 0 spiro atoms. The minimum atomic E-state index is -0.689. The number of nitriles is 1. The van der Waals surface area contributed by atoms with Crippen molar-refractivity contribution in [2.75, 3.05) is 0 Å². The Hall–Kier alpha value is -5.24. The van der Waals surface area contributed by atoms with Crippen molar-refractivity contribution in [3.8, 4) is 28.8 Å². The van der Waals surface area contributed by atoms with E-state index in [0.717, 1.165) is 4.57 Å². The summed E-state index contributed by atoms with van der Waals surface area (Å²) in [7, 11) is 1.77. The molecule has 0 atom stereocenters. The molecule has 2 aromatic carbocycles. The summed E-state index contributed by atoms with van der Waals surface area (Å²) in [6, 6.07) is 18.2. The van der Waals surface area contributed by atoms with Crippen molar-refractivity contribution in [1.29, 1.82) is 5.26 Å². The molecule has 5 aromatic rings. The Labute approximate surface area is 216 Å². The SMILES string of the molecule is Cc1c(-c2ccnn2-c2ccc(C#N)cc2)n(C(=O)NCc2ccn(C)n2)c(=O)n1-c1cccc(CF)c1. The van der Waals surface area contributed by atoms with Gasteiger partial charge in [-0.2, -0.15) is 15.5 Å². The van der Waals surface area contributed by atoms with Gasteiger partial charge in [0.2, 0.25) is 0 Å². The largest absolute Gasteiger partial charge is 0.341 e. The highest BCUT2D eigenvalue weighted by molar-refractivity contribution is 5.83. The molecule has 0 bridgehead atoms. The molecule has 0 radical (unpaired) electrons. The number of hydrogen-bond acceptors (Lipinski definition) is 5. The van der Waals surface area contributed by atoms with Crippen LogP contribution in [0.4, 0.5) is 9.18 Å². The number of carbonyl (C=O) groups is 1. The summed E-state index contributed by atoms with van der Waals surface area (Å²) >= 11 is 0. The van der Waals surface area contributed by atoms with Crippen LogP contribution in [0.3, 0.4) is 0 Å². The zero-order valence-corrected chi connectivity index (χ0v) is 20.7. The lowest BCUT2D eigenvalue weighted by atomic mass is 10.2. The molecule has 38 heavy (non-hydrogen) atoms. The third-order valence-corrected chi connectivity index (χ3v) is 6.13. The number of benzene rings is 2. The molecule has 0 aliphatic rings. The van der Waals surface area contributed by atoms with Crippen LogP contribution in [0.25, 0.3) is 22.8 Å². The molecule has 0 fully saturated rings. The molecular weight excluding hydrogens is 487 g/mol. The second kappa shape index (κ2) is 10.0. The van der Waals surface area contributed by atoms with E-state index < -0.39 is 18.4 Å². The van der Waals surface area contributed by atoms with Crippen molar-refractivity contribution in [1.82, 2.24) is 34.0 Å². The van der Waals surface area contributed by atoms with Gasteiger partial charge in [0, 0.05) is 13.2 Å². The molecule has 0 aliphatic carbocycles. The number of alkyl halides is 1. The predicted molar refractivity (Wildman–Crippen MR) is 138 cm³/mol. The molecule has 0 unspecified atom stereocenters. The van der Waals surface area contributed by atoms with Crippen molar-refractivity contribution < 1.29 is 9.18 Å². The summed E-state index contributed by atoms with van der Waals surface area (Å²) in [6.45, 7) is 1.14. The number of nitrogens with one attached hydrogen (secondary N) is 1. The molecule has 1 N–H and O–H groups in total. The van der Waals surface area contributed by atoms with Crippen LogP contribution >= 0.6 is 0 Å². The van der Waals surface area contributed by atoms with Crippen LogP contribution in [0.1, 0.15) is 22.5 Å². The third-order valence-electron chi connectivity index (χ3n) is 6.13. The van der Waals surface area contributed by atoms with Gasteiger partial charge in [0.1, 0.15) is 12.4 Å². The Morgan fingerprint density at radius 2 is 1.89 bits per heavy atom. The topological polar surface area (TPSA) is 115 Å². The second-order valence-electron chi connectivity index (χ2n) is 8.62. The summed E-state index contributed by atoms with van der Waals surface area (Å²) in [5.74, 6) is 0. The van der Waals surface area contributed by atoms with Gasteiger partial charge in [-0.1, -0.05) is 12.1 Å². The van der Waals surface area contributed by atoms with E-state index in [1.807, 2.05) is 0 Å². The molecule has 0 saturated heterocycles. The van der Waals surface area contributed by atoms with E-state index >= 15 is 0 Å². The first-order valence-corrected chi connectivity index (χ1v) is 11.7. The van der Waals surface area contributed by atoms with Crippen molar-refractivity contribution in [3.63, 3.8) is 0 Å². The molecule has 11 heteroatoms. The first kappa shape index (κ1) is 24.5. The van der Waals surface area contributed by atoms with Crippen LogP contribution in [0.2, 0.25) is 0 Å². The number of carbonyl (C=O) groups excluding carboxylic acids is 1. The van der Waals surface area contributed by atoms with Crippen LogP contribution < -0.4 is 11.0 Å². The Balaban J connectivity index is 1.67. The normalized spacial score (nSPS) is 10.9. The highest BCUT2D eigenvalue weighted by Crippen LogP contribution is 2.27. The van der Waals surface area contributed by atoms with Crippen molar-refractivity contribution in [2.24, 2.45) is 7.05 Å². The Morgan fingerprint density at radius 1 is 1.11 bits per heavy atom. The van der Waals surface area contributed by atoms with Crippen LogP contribution in [0.5, 0.6) is 0 Å². The molecule has 0 aliphatic heterocycles. The van der Waals surface area contributed by atoms with E-state index in [-0.39, 0.29) is 6.54 Å². The lowest BCUT2D eigenvalue weighted by Gasteiger charge is -2.11. The van der Waals surface area contributed by atoms with Crippen molar-refractivity contribution in [3.05, 3.63) is 106 Å².